The third-order valence-corrected chi connectivity index (χ3v) is 3.75. The number of carbonyl (C=O) groups excluding carboxylic acids is 1. The molecule has 144 valence electrons. The van der Waals surface area contributed by atoms with Crippen LogP contribution in [0.25, 0.3) is 0 Å². The third-order valence-electron chi connectivity index (χ3n) is 2.78. The van der Waals surface area contributed by atoms with E-state index >= 15 is 0 Å². The van der Waals surface area contributed by atoms with Gasteiger partial charge in [0.05, 0.1) is 16.8 Å². The first-order valence-corrected chi connectivity index (χ1v) is 8.84. The van der Waals surface area contributed by atoms with Crippen molar-refractivity contribution in [2.24, 2.45) is 5.10 Å². The Morgan fingerprint density at radius 2 is 2.04 bits per heavy atom. The van der Waals surface area contributed by atoms with Crippen molar-refractivity contribution in [3.05, 3.63) is 22.7 Å². The number of hydrazone groups is 1. The summed E-state index contributed by atoms with van der Waals surface area (Å²) < 4.78 is 65.9. The van der Waals surface area contributed by atoms with Crippen LogP contribution in [-0.2, 0) is 10.0 Å². The zero-order valence-electron chi connectivity index (χ0n) is 13.1. The van der Waals surface area contributed by atoms with E-state index in [-0.39, 0.29) is 11.5 Å². The van der Waals surface area contributed by atoms with E-state index in [1.165, 1.54) is 12.1 Å². The zero-order chi connectivity index (χ0) is 19.7. The number of rotatable bonds is 4. The third kappa shape index (κ3) is 5.03. The van der Waals surface area contributed by atoms with Crippen molar-refractivity contribution < 1.29 is 31.1 Å². The lowest BCUT2D eigenvalue weighted by Gasteiger charge is -2.17. The molecule has 2 rings (SSSR count). The Labute approximate surface area is 150 Å². The summed E-state index contributed by atoms with van der Waals surface area (Å²) in [7, 11) is -2.51. The monoisotopic (exact) mass is 416 g/mol. The van der Waals surface area contributed by atoms with Gasteiger partial charge in [0.15, 0.2) is 5.75 Å². The van der Waals surface area contributed by atoms with Crippen LogP contribution in [0.3, 0.4) is 0 Å². The van der Waals surface area contributed by atoms with Crippen molar-refractivity contribution in [3.63, 3.8) is 0 Å². The first-order valence-electron chi connectivity index (χ1n) is 6.57. The summed E-state index contributed by atoms with van der Waals surface area (Å²) in [5.41, 5.74) is 3.83. The largest absolute Gasteiger partial charge is 0.573 e. The number of amides is 1. The molecule has 0 radical (unpaired) electrons. The number of nitrogens with one attached hydrogen (secondary N) is 4. The van der Waals surface area contributed by atoms with Crippen LogP contribution < -0.4 is 25.8 Å². The first kappa shape index (κ1) is 19.9. The summed E-state index contributed by atoms with van der Waals surface area (Å²) in [5.74, 6) is -1.72. The van der Waals surface area contributed by atoms with Gasteiger partial charge in [0.25, 0.3) is 5.91 Å². The Kier molecular flexibility index (Phi) is 5.39. The van der Waals surface area contributed by atoms with Crippen molar-refractivity contribution in [2.45, 2.75) is 6.36 Å². The first-order chi connectivity index (χ1) is 11.9. The molecule has 0 bridgehead atoms. The molecule has 0 atom stereocenters. The van der Waals surface area contributed by atoms with E-state index in [1.807, 2.05) is 4.72 Å². The highest BCUT2D eigenvalue weighted by atomic mass is 35.5. The fraction of sp³-hybridized carbons (Fsp3) is 0.273. The number of hydrogen-bond acceptors (Lipinski definition) is 8. The molecule has 0 aliphatic carbocycles. The van der Waals surface area contributed by atoms with Gasteiger partial charge in [-0.25, -0.2) is 14.0 Å². The summed E-state index contributed by atoms with van der Waals surface area (Å²) in [6.45, 7) is 0. The second kappa shape index (κ2) is 7.05. The summed E-state index contributed by atoms with van der Waals surface area (Å²) in [5, 5.41) is 6.72. The van der Waals surface area contributed by atoms with E-state index < -0.39 is 38.8 Å². The van der Waals surface area contributed by atoms with Crippen LogP contribution in [0.2, 0.25) is 5.02 Å². The number of benzene rings is 1. The maximum Gasteiger partial charge on any atom is 0.573 e. The highest BCUT2D eigenvalue weighted by molar-refractivity contribution is 7.92. The van der Waals surface area contributed by atoms with E-state index in [0.29, 0.717) is 6.26 Å². The minimum absolute atomic E-state index is 0.0410. The van der Waals surface area contributed by atoms with Gasteiger partial charge in [-0.05, 0) is 12.1 Å². The van der Waals surface area contributed by atoms with Crippen LogP contribution in [0, 0.1) is 0 Å². The van der Waals surface area contributed by atoms with Gasteiger partial charge in [0.1, 0.15) is 5.69 Å². The number of ether oxygens (including phenoxy) is 1. The predicted molar refractivity (Wildman–Crippen MR) is 85.5 cm³/mol. The number of hydrogen-bond donors (Lipinski definition) is 4. The minimum Gasteiger partial charge on any atom is -0.403 e. The maximum atomic E-state index is 12.5. The van der Waals surface area contributed by atoms with Crippen molar-refractivity contribution in [3.8, 4) is 5.75 Å². The number of guanidine groups is 1. The molecule has 1 aromatic carbocycles. The van der Waals surface area contributed by atoms with Gasteiger partial charge in [-0.3, -0.25) is 19.8 Å². The lowest BCUT2D eigenvalue weighted by molar-refractivity contribution is -0.274. The van der Waals surface area contributed by atoms with Crippen molar-refractivity contribution in [1.82, 2.24) is 21.4 Å². The molecule has 26 heavy (non-hydrogen) atoms. The Hall–Kier alpha value is -2.45. The average molecular weight is 417 g/mol. The fourth-order valence-electron chi connectivity index (χ4n) is 1.79. The lowest BCUT2D eigenvalue weighted by Crippen LogP contribution is -2.45. The van der Waals surface area contributed by atoms with E-state index in [4.69, 9.17) is 11.6 Å². The molecule has 1 heterocycles. The molecule has 10 nitrogen and oxygen atoms in total. The quantitative estimate of drug-likeness (QED) is 0.565. The van der Waals surface area contributed by atoms with E-state index in [9.17, 15) is 26.4 Å². The van der Waals surface area contributed by atoms with Crippen molar-refractivity contribution >= 4 is 39.2 Å². The molecule has 1 aliphatic heterocycles. The molecule has 15 heteroatoms. The van der Waals surface area contributed by atoms with Crippen LogP contribution >= 0.6 is 11.6 Å². The molecule has 1 amide bonds. The molecule has 0 spiro atoms. The SMILES string of the molecule is CN1NNN=C1NC(=O)c1ccc(OC(F)(F)F)c(NS(C)(=O)=O)c1Cl. The molecule has 0 unspecified atom stereocenters. The second-order valence-corrected chi connectivity index (χ2v) is 7.02. The Balaban J connectivity index is 2.42. The van der Waals surface area contributed by atoms with Crippen molar-refractivity contribution in [2.75, 3.05) is 18.0 Å². The number of nitrogens with zero attached hydrogens (tertiary/aromatic N) is 2. The summed E-state index contributed by atoms with van der Waals surface area (Å²) in [4.78, 5) is 12.3. The van der Waals surface area contributed by atoms with Gasteiger partial charge in [-0.1, -0.05) is 11.6 Å². The molecule has 1 aromatic rings. The van der Waals surface area contributed by atoms with E-state index in [2.05, 4.69) is 26.2 Å². The van der Waals surface area contributed by atoms with Crippen molar-refractivity contribution in [1.29, 1.82) is 0 Å². The van der Waals surface area contributed by atoms with Crippen LogP contribution in [0.1, 0.15) is 10.4 Å². The Morgan fingerprint density at radius 3 is 2.54 bits per heavy atom. The molecular formula is C11H12ClF3N6O4S. The zero-order valence-corrected chi connectivity index (χ0v) is 14.7. The molecule has 1 aliphatic rings. The van der Waals surface area contributed by atoms with Gasteiger partial charge >= 0.3 is 6.36 Å². The predicted octanol–water partition coefficient (Wildman–Crippen LogP) is 0.566. The van der Waals surface area contributed by atoms with Crippen LogP contribution in [0.4, 0.5) is 18.9 Å². The van der Waals surface area contributed by atoms with Gasteiger partial charge in [0.2, 0.25) is 16.0 Å². The fourth-order valence-corrected chi connectivity index (χ4v) is 2.70. The smallest absolute Gasteiger partial charge is 0.403 e. The van der Waals surface area contributed by atoms with Crippen LogP contribution in [0.5, 0.6) is 5.75 Å². The summed E-state index contributed by atoms with van der Waals surface area (Å²) in [6.07, 6.45) is -4.40. The molecule has 0 saturated carbocycles. The average Bonchev–Trinajstić information content (AvgIpc) is 2.85. The van der Waals surface area contributed by atoms with Gasteiger partial charge in [-0.2, -0.15) is 0 Å². The number of halogens is 4. The molecule has 4 N–H and O–H groups in total. The van der Waals surface area contributed by atoms with Crippen LogP contribution in [0.15, 0.2) is 17.2 Å². The van der Waals surface area contributed by atoms with Gasteiger partial charge in [0, 0.05) is 7.05 Å². The molecule has 0 saturated heterocycles. The minimum atomic E-state index is -5.10. The van der Waals surface area contributed by atoms with Gasteiger partial charge < -0.3 is 4.74 Å². The molecule has 0 fully saturated rings. The number of sulfonamides is 1. The number of hydrazine groups is 2. The normalized spacial score (nSPS) is 14.5. The maximum absolute atomic E-state index is 12.5. The number of alkyl halides is 3. The second-order valence-electron chi connectivity index (χ2n) is 4.89. The summed E-state index contributed by atoms with van der Waals surface area (Å²) in [6, 6.07) is 1.71. The summed E-state index contributed by atoms with van der Waals surface area (Å²) >= 11 is 5.95. The lowest BCUT2D eigenvalue weighted by atomic mass is 10.1. The highest BCUT2D eigenvalue weighted by Gasteiger charge is 2.34. The standard InChI is InChI=1S/C11H12ClF3N6O4S/c1-21-10(17-19-20-21)16-9(22)5-3-4-6(25-11(13,14)15)8(7(5)12)18-26(2,23)24/h3-4,18-20H,1-2H3,(H,16,17,22). The topological polar surface area (TPSA) is 124 Å². The van der Waals surface area contributed by atoms with E-state index in [0.717, 1.165) is 12.1 Å². The Morgan fingerprint density at radius 1 is 1.38 bits per heavy atom. The van der Waals surface area contributed by atoms with Crippen LogP contribution in [-0.4, -0.2) is 45.0 Å². The van der Waals surface area contributed by atoms with Gasteiger partial charge in [-0.15, -0.1) is 23.8 Å². The Bertz CT molecular complexity index is 860. The highest BCUT2D eigenvalue weighted by Crippen LogP contribution is 2.38. The molecular weight excluding hydrogens is 405 g/mol. The number of anilines is 1. The number of carbonyl (C=O) groups is 1. The molecule has 0 aromatic heterocycles. The van der Waals surface area contributed by atoms with E-state index in [1.54, 1.807) is 0 Å².